The van der Waals surface area contributed by atoms with E-state index >= 15 is 0 Å². The zero-order chi connectivity index (χ0) is 13.5. The molecule has 1 aliphatic rings. The second-order valence-corrected chi connectivity index (χ2v) is 6.00. The summed E-state index contributed by atoms with van der Waals surface area (Å²) < 4.78 is 2.25. The number of thiol groups is 1. The number of nitrogens with zero attached hydrogens (tertiary/aromatic N) is 4. The van der Waals surface area contributed by atoms with Crippen LogP contribution >= 0.6 is 11.8 Å². The first kappa shape index (κ1) is 11.5. The van der Waals surface area contributed by atoms with E-state index < -0.39 is 0 Å². The van der Waals surface area contributed by atoms with Crippen molar-refractivity contribution >= 4 is 22.8 Å². The Morgan fingerprint density at radius 2 is 2.05 bits per heavy atom. The maximum atomic E-state index is 8.95. The van der Waals surface area contributed by atoms with Crippen molar-refractivity contribution in [2.75, 3.05) is 0 Å². The van der Waals surface area contributed by atoms with E-state index in [1.165, 1.54) is 5.52 Å². The van der Waals surface area contributed by atoms with Gasteiger partial charge in [0.25, 0.3) is 0 Å². The summed E-state index contributed by atoms with van der Waals surface area (Å²) in [4.78, 5) is 9.08. The summed E-state index contributed by atoms with van der Waals surface area (Å²) in [5.74, 6) is 0. The maximum Gasteiger partial charge on any atom is 0.157 e. The molecule has 97 valence electrons. The van der Waals surface area contributed by atoms with Crippen LogP contribution in [0.15, 0.2) is 47.6 Å². The number of rotatable bonds is 1. The van der Waals surface area contributed by atoms with Crippen LogP contribution in [0.25, 0.3) is 11.0 Å². The Kier molecular flexibility index (Phi) is 2.51. The molecule has 20 heavy (non-hydrogen) atoms. The van der Waals surface area contributed by atoms with Gasteiger partial charge in [0, 0.05) is 6.54 Å². The average Bonchev–Trinajstić information content (AvgIpc) is 3.05. The highest BCUT2D eigenvalue weighted by atomic mass is 32.2. The minimum Gasteiger partial charge on any atom is -0.318 e. The fourth-order valence-corrected chi connectivity index (χ4v) is 3.85. The number of aromatic nitrogens is 3. The van der Waals surface area contributed by atoms with Gasteiger partial charge in [-0.2, -0.15) is 5.26 Å². The van der Waals surface area contributed by atoms with E-state index in [0.717, 1.165) is 34.7 Å². The van der Waals surface area contributed by atoms with E-state index in [4.69, 9.17) is 5.26 Å². The zero-order valence-electron chi connectivity index (χ0n) is 10.6. The van der Waals surface area contributed by atoms with Gasteiger partial charge in [0.2, 0.25) is 0 Å². The van der Waals surface area contributed by atoms with Crippen LogP contribution in [0.1, 0.15) is 16.6 Å². The molecule has 0 aliphatic carbocycles. The molecule has 4 rings (SSSR count). The van der Waals surface area contributed by atoms with Gasteiger partial charge in [-0.05, 0) is 24.3 Å². The quantitative estimate of drug-likeness (QED) is 0.697. The first-order chi connectivity index (χ1) is 9.85. The Hall–Kier alpha value is -2.32. The molecule has 0 N–H and O–H groups in total. The Morgan fingerprint density at radius 1 is 1.15 bits per heavy atom. The predicted molar refractivity (Wildman–Crippen MR) is 78.7 cm³/mol. The molecule has 1 atom stereocenters. The lowest BCUT2D eigenvalue weighted by molar-refractivity contribution is 0.674. The highest BCUT2D eigenvalue weighted by Crippen LogP contribution is 2.43. The number of benzene rings is 1. The molecule has 1 unspecified atom stereocenters. The first-order valence-electron chi connectivity index (χ1n) is 6.38. The van der Waals surface area contributed by atoms with Crippen molar-refractivity contribution in [3.05, 3.63) is 53.9 Å². The molecule has 0 spiro atoms. The van der Waals surface area contributed by atoms with Gasteiger partial charge in [0.1, 0.15) is 11.8 Å². The van der Waals surface area contributed by atoms with Crippen molar-refractivity contribution < 1.29 is 0 Å². The van der Waals surface area contributed by atoms with E-state index in [9.17, 15) is 0 Å². The van der Waals surface area contributed by atoms with Crippen molar-refractivity contribution in [2.24, 2.45) is 0 Å². The van der Waals surface area contributed by atoms with Gasteiger partial charge in [-0.15, -0.1) is 11.8 Å². The van der Waals surface area contributed by atoms with Crippen LogP contribution < -0.4 is 0 Å². The molecular formula is C15H11N4S. The normalized spacial score (nSPS) is 17.1. The fourth-order valence-electron chi connectivity index (χ4n) is 2.55. The van der Waals surface area contributed by atoms with E-state index in [1.807, 2.05) is 30.3 Å². The zero-order valence-corrected chi connectivity index (χ0v) is 11.5. The van der Waals surface area contributed by atoms with Crippen LogP contribution in [-0.2, 0) is 6.54 Å². The Bertz CT molecular complexity index is 846. The molecule has 3 aromatic rings. The lowest BCUT2D eigenvalue weighted by atomic mass is 10.2. The smallest absolute Gasteiger partial charge is 0.157 e. The van der Waals surface area contributed by atoms with Crippen molar-refractivity contribution in [3.8, 4) is 6.07 Å². The summed E-state index contributed by atoms with van der Waals surface area (Å²) >= 11 is 1.16. The molecule has 0 fully saturated rings. The summed E-state index contributed by atoms with van der Waals surface area (Å²) in [7, 11) is 0. The van der Waals surface area contributed by atoms with Crippen molar-refractivity contribution in [1.29, 1.82) is 5.26 Å². The topological polar surface area (TPSA) is 54.5 Å². The minimum atomic E-state index is 0.287. The van der Waals surface area contributed by atoms with Gasteiger partial charge in [0.05, 0.1) is 22.0 Å². The molecular weight excluding hydrogens is 268 g/mol. The molecule has 1 radical (unpaired) electrons. The van der Waals surface area contributed by atoms with Gasteiger partial charge in [-0.25, -0.2) is 9.97 Å². The molecule has 2 aromatic heterocycles. The van der Waals surface area contributed by atoms with Crippen LogP contribution in [0.2, 0.25) is 0 Å². The third-order valence-electron chi connectivity index (χ3n) is 3.49. The lowest BCUT2D eigenvalue weighted by Gasteiger charge is -2.08. The summed E-state index contributed by atoms with van der Waals surface area (Å²) in [5.41, 5.74) is 3.67. The van der Waals surface area contributed by atoms with Crippen LogP contribution in [0.4, 0.5) is 0 Å². The number of fused-ring (bicyclic) bond motifs is 3. The number of pyridine rings is 1. The molecule has 0 saturated heterocycles. The number of imidazole rings is 1. The van der Waals surface area contributed by atoms with E-state index in [2.05, 4.69) is 26.7 Å². The predicted octanol–water partition coefficient (Wildman–Crippen LogP) is 2.88. The minimum absolute atomic E-state index is 0.287. The van der Waals surface area contributed by atoms with Gasteiger partial charge in [-0.3, -0.25) is 0 Å². The number of hydrogen-bond donors (Lipinski definition) is 1. The van der Waals surface area contributed by atoms with E-state index in [-0.39, 0.29) is 5.25 Å². The summed E-state index contributed by atoms with van der Waals surface area (Å²) in [6.45, 7) is 0.874. The molecule has 4 nitrogen and oxygen atoms in total. The highest BCUT2D eigenvalue weighted by Gasteiger charge is 2.26. The SMILES string of the molecule is N#Cc1cccc(C2Cn3c(nc4ccccc43)[SH]2)n1. The summed E-state index contributed by atoms with van der Waals surface area (Å²) in [6, 6.07) is 15.9. The largest absolute Gasteiger partial charge is 0.318 e. The number of hydrogen-bond acceptors (Lipinski definition) is 3. The molecule has 0 amide bonds. The Morgan fingerprint density at radius 3 is 2.95 bits per heavy atom. The molecule has 3 heterocycles. The molecule has 0 bridgehead atoms. The van der Waals surface area contributed by atoms with Crippen molar-refractivity contribution in [2.45, 2.75) is 17.0 Å². The van der Waals surface area contributed by atoms with Crippen LogP contribution in [0, 0.1) is 11.3 Å². The molecule has 1 aliphatic heterocycles. The van der Waals surface area contributed by atoms with Crippen molar-refractivity contribution in [3.63, 3.8) is 0 Å². The molecule has 5 heteroatoms. The standard InChI is InChI=1S/C15H11N4S/c16-8-10-4-3-6-12(17-10)14-9-19-13-7-2-1-5-11(13)18-15(19)20-14/h1-7,14,20H,9H2. The lowest BCUT2D eigenvalue weighted by Crippen LogP contribution is -2.01. The van der Waals surface area contributed by atoms with Gasteiger partial charge in [0.15, 0.2) is 5.16 Å². The number of para-hydroxylation sites is 2. The second-order valence-electron chi connectivity index (χ2n) is 4.72. The highest BCUT2D eigenvalue weighted by molar-refractivity contribution is 7.99. The summed E-state index contributed by atoms with van der Waals surface area (Å²) in [6.07, 6.45) is 0. The third-order valence-corrected chi connectivity index (χ3v) is 4.80. The Balaban J connectivity index is 1.73. The van der Waals surface area contributed by atoms with Crippen molar-refractivity contribution in [1.82, 2.24) is 14.5 Å². The van der Waals surface area contributed by atoms with E-state index in [0.29, 0.717) is 5.69 Å². The van der Waals surface area contributed by atoms with Crippen LogP contribution in [0.5, 0.6) is 0 Å². The third kappa shape index (κ3) is 1.69. The first-order valence-corrected chi connectivity index (χ1v) is 7.35. The Labute approximate surface area is 120 Å². The van der Waals surface area contributed by atoms with Crippen LogP contribution in [0.3, 0.4) is 0 Å². The second kappa shape index (κ2) is 4.36. The number of nitriles is 1. The monoisotopic (exact) mass is 279 g/mol. The fraction of sp³-hybridized carbons (Fsp3) is 0.133. The maximum absolute atomic E-state index is 8.95. The summed E-state index contributed by atoms with van der Waals surface area (Å²) in [5, 5.41) is 10.3. The van der Waals surface area contributed by atoms with E-state index in [1.54, 1.807) is 6.07 Å². The molecule has 1 aromatic carbocycles. The van der Waals surface area contributed by atoms with Gasteiger partial charge in [-0.1, -0.05) is 18.2 Å². The molecule has 0 saturated carbocycles. The van der Waals surface area contributed by atoms with Crippen LogP contribution in [-0.4, -0.2) is 14.5 Å². The average molecular weight is 279 g/mol. The van der Waals surface area contributed by atoms with Gasteiger partial charge < -0.3 is 4.57 Å². The van der Waals surface area contributed by atoms with Gasteiger partial charge >= 0.3 is 0 Å².